The Bertz CT molecular complexity index is 736. The number of carbonyl (C=O) groups excluding carboxylic acids is 2. The third kappa shape index (κ3) is 3.43. The predicted octanol–water partition coefficient (Wildman–Crippen LogP) is 1.05. The van der Waals surface area contributed by atoms with Crippen LogP contribution in [-0.2, 0) is 4.79 Å². The van der Waals surface area contributed by atoms with Crippen molar-refractivity contribution in [3.63, 3.8) is 0 Å². The molecule has 0 fully saturated rings. The van der Waals surface area contributed by atoms with E-state index < -0.39 is 23.7 Å². The number of amides is 2. The first-order valence-corrected chi connectivity index (χ1v) is 6.23. The van der Waals surface area contributed by atoms with Gasteiger partial charge in [-0.05, 0) is 29.8 Å². The minimum atomic E-state index is -1.11. The summed E-state index contributed by atoms with van der Waals surface area (Å²) >= 11 is 0. The Labute approximate surface area is 125 Å². The lowest BCUT2D eigenvalue weighted by Gasteiger charge is -2.15. The van der Waals surface area contributed by atoms with Crippen molar-refractivity contribution in [2.24, 2.45) is 5.73 Å². The predicted molar refractivity (Wildman–Crippen MR) is 74.8 cm³/mol. The van der Waals surface area contributed by atoms with Crippen LogP contribution in [0.2, 0.25) is 0 Å². The zero-order chi connectivity index (χ0) is 16.1. The maximum Gasteiger partial charge on any atom is 0.270 e. The van der Waals surface area contributed by atoms with E-state index in [1.807, 2.05) is 6.07 Å². The van der Waals surface area contributed by atoms with Crippen molar-refractivity contribution in [1.29, 1.82) is 5.26 Å². The third-order valence-corrected chi connectivity index (χ3v) is 2.89. The van der Waals surface area contributed by atoms with Gasteiger partial charge in [0.1, 0.15) is 23.6 Å². The number of primary amides is 1. The van der Waals surface area contributed by atoms with Crippen molar-refractivity contribution in [3.05, 3.63) is 65.2 Å². The quantitative estimate of drug-likeness (QED) is 0.879. The van der Waals surface area contributed by atoms with Crippen LogP contribution in [0.3, 0.4) is 0 Å². The van der Waals surface area contributed by atoms with Gasteiger partial charge in [0.15, 0.2) is 0 Å². The van der Waals surface area contributed by atoms with Gasteiger partial charge in [0, 0.05) is 6.20 Å². The smallest absolute Gasteiger partial charge is 0.270 e. The highest BCUT2D eigenvalue weighted by molar-refractivity contribution is 5.96. The molecule has 2 aromatic rings. The maximum atomic E-state index is 12.9. The lowest BCUT2D eigenvalue weighted by molar-refractivity contribution is -0.120. The van der Waals surface area contributed by atoms with E-state index in [-0.39, 0.29) is 5.69 Å². The number of pyridine rings is 1. The van der Waals surface area contributed by atoms with Crippen molar-refractivity contribution in [1.82, 2.24) is 10.3 Å². The highest BCUT2D eigenvalue weighted by atomic mass is 19.1. The van der Waals surface area contributed by atoms with Gasteiger partial charge in [-0.25, -0.2) is 9.37 Å². The summed E-state index contributed by atoms with van der Waals surface area (Å²) in [5.41, 5.74) is 5.97. The van der Waals surface area contributed by atoms with Gasteiger partial charge in [0.25, 0.3) is 5.91 Å². The molecule has 0 bridgehead atoms. The number of nitrogens with zero attached hydrogens (tertiary/aromatic N) is 2. The standard InChI is InChI=1S/C15H11FN4O2/c16-11-4-2-10(3-5-11)13(14(18)21)20-15(22)12-6-1-9(7-17)8-19-12/h1-6,8,13H,(H2,18,21)(H,20,22). The Balaban J connectivity index is 2.20. The van der Waals surface area contributed by atoms with Crippen molar-refractivity contribution in [2.45, 2.75) is 6.04 Å². The second-order valence-electron chi connectivity index (χ2n) is 4.40. The molecular formula is C15H11FN4O2. The molecule has 0 aliphatic heterocycles. The Kier molecular flexibility index (Phi) is 4.44. The fourth-order valence-corrected chi connectivity index (χ4v) is 1.77. The van der Waals surface area contributed by atoms with Crippen LogP contribution in [0.5, 0.6) is 0 Å². The Hall–Kier alpha value is -3.27. The van der Waals surface area contributed by atoms with Gasteiger partial charge in [-0.2, -0.15) is 5.26 Å². The zero-order valence-corrected chi connectivity index (χ0v) is 11.3. The van der Waals surface area contributed by atoms with Crippen molar-refractivity contribution >= 4 is 11.8 Å². The third-order valence-electron chi connectivity index (χ3n) is 2.89. The van der Waals surface area contributed by atoms with E-state index in [0.717, 1.165) is 12.1 Å². The molecule has 0 aliphatic rings. The summed E-state index contributed by atoms with van der Waals surface area (Å²) in [5.74, 6) is -1.88. The monoisotopic (exact) mass is 298 g/mol. The maximum absolute atomic E-state index is 12.9. The van der Waals surface area contributed by atoms with Crippen LogP contribution < -0.4 is 11.1 Å². The lowest BCUT2D eigenvalue weighted by Crippen LogP contribution is -2.37. The van der Waals surface area contributed by atoms with E-state index in [2.05, 4.69) is 10.3 Å². The highest BCUT2D eigenvalue weighted by Gasteiger charge is 2.21. The van der Waals surface area contributed by atoms with Gasteiger partial charge in [-0.15, -0.1) is 0 Å². The lowest BCUT2D eigenvalue weighted by atomic mass is 10.1. The number of aromatic nitrogens is 1. The zero-order valence-electron chi connectivity index (χ0n) is 11.3. The molecule has 3 N–H and O–H groups in total. The number of nitrogens with one attached hydrogen (secondary N) is 1. The van der Waals surface area contributed by atoms with Crippen LogP contribution in [0.25, 0.3) is 0 Å². The second kappa shape index (κ2) is 6.45. The van der Waals surface area contributed by atoms with Crippen LogP contribution in [0, 0.1) is 17.1 Å². The SMILES string of the molecule is N#Cc1ccc(C(=O)NC(C(N)=O)c2ccc(F)cc2)nc1. The minimum absolute atomic E-state index is 0.0346. The molecule has 0 aliphatic carbocycles. The number of benzene rings is 1. The molecule has 0 saturated carbocycles. The fourth-order valence-electron chi connectivity index (χ4n) is 1.77. The van der Waals surface area contributed by atoms with Crippen LogP contribution in [0.4, 0.5) is 4.39 Å². The second-order valence-corrected chi connectivity index (χ2v) is 4.40. The molecule has 1 aromatic carbocycles. The molecule has 110 valence electrons. The number of rotatable bonds is 4. The highest BCUT2D eigenvalue weighted by Crippen LogP contribution is 2.14. The largest absolute Gasteiger partial charge is 0.368 e. The topological polar surface area (TPSA) is 109 Å². The van der Waals surface area contributed by atoms with Gasteiger partial charge < -0.3 is 11.1 Å². The molecule has 1 heterocycles. The fraction of sp³-hybridized carbons (Fsp3) is 0.0667. The normalized spacial score (nSPS) is 11.3. The van der Waals surface area contributed by atoms with E-state index in [9.17, 15) is 14.0 Å². The van der Waals surface area contributed by atoms with E-state index in [1.165, 1.54) is 30.5 Å². The molecule has 6 nitrogen and oxygen atoms in total. The van der Waals surface area contributed by atoms with E-state index in [0.29, 0.717) is 11.1 Å². The summed E-state index contributed by atoms with van der Waals surface area (Å²) in [6.07, 6.45) is 1.24. The van der Waals surface area contributed by atoms with Gasteiger partial charge in [-0.3, -0.25) is 9.59 Å². The minimum Gasteiger partial charge on any atom is -0.368 e. The molecule has 2 amide bonds. The summed E-state index contributed by atoms with van der Waals surface area (Å²) in [4.78, 5) is 27.4. The number of hydrogen-bond donors (Lipinski definition) is 2. The van der Waals surface area contributed by atoms with Gasteiger partial charge in [0.2, 0.25) is 5.91 Å². The van der Waals surface area contributed by atoms with Gasteiger partial charge in [0.05, 0.1) is 5.56 Å². The number of hydrogen-bond acceptors (Lipinski definition) is 4. The first-order valence-electron chi connectivity index (χ1n) is 6.23. The Morgan fingerprint density at radius 2 is 1.91 bits per heavy atom. The number of carbonyl (C=O) groups is 2. The first-order chi connectivity index (χ1) is 10.5. The molecule has 0 saturated heterocycles. The average Bonchev–Trinajstić information content (AvgIpc) is 2.53. The van der Waals surface area contributed by atoms with E-state index >= 15 is 0 Å². The Morgan fingerprint density at radius 3 is 2.41 bits per heavy atom. The molecule has 2 rings (SSSR count). The van der Waals surface area contributed by atoms with Crippen LogP contribution >= 0.6 is 0 Å². The average molecular weight is 298 g/mol. The van der Waals surface area contributed by atoms with Crippen molar-refractivity contribution < 1.29 is 14.0 Å². The number of nitrogens with two attached hydrogens (primary N) is 1. The Morgan fingerprint density at radius 1 is 1.23 bits per heavy atom. The molecular weight excluding hydrogens is 287 g/mol. The molecule has 0 spiro atoms. The van der Waals surface area contributed by atoms with Crippen molar-refractivity contribution in [2.75, 3.05) is 0 Å². The van der Waals surface area contributed by atoms with Crippen LogP contribution in [-0.4, -0.2) is 16.8 Å². The van der Waals surface area contributed by atoms with Crippen LogP contribution in [0.1, 0.15) is 27.7 Å². The van der Waals surface area contributed by atoms with E-state index in [1.54, 1.807) is 0 Å². The van der Waals surface area contributed by atoms with E-state index in [4.69, 9.17) is 11.0 Å². The van der Waals surface area contributed by atoms with Gasteiger partial charge >= 0.3 is 0 Å². The molecule has 22 heavy (non-hydrogen) atoms. The molecule has 1 aromatic heterocycles. The van der Waals surface area contributed by atoms with Crippen LogP contribution in [0.15, 0.2) is 42.6 Å². The summed E-state index contributed by atoms with van der Waals surface area (Å²) in [6.45, 7) is 0. The molecule has 7 heteroatoms. The molecule has 1 atom stereocenters. The van der Waals surface area contributed by atoms with Gasteiger partial charge in [-0.1, -0.05) is 12.1 Å². The first kappa shape index (κ1) is 15.1. The molecule has 0 radical (unpaired) electrons. The summed E-state index contributed by atoms with van der Waals surface area (Å²) in [6, 6.07) is 8.61. The number of nitriles is 1. The molecule has 1 unspecified atom stereocenters. The summed E-state index contributed by atoms with van der Waals surface area (Å²) in [7, 11) is 0. The van der Waals surface area contributed by atoms with Crippen molar-refractivity contribution in [3.8, 4) is 6.07 Å². The number of halogens is 1. The summed E-state index contributed by atoms with van der Waals surface area (Å²) < 4.78 is 12.9. The summed E-state index contributed by atoms with van der Waals surface area (Å²) in [5, 5.41) is 11.1.